The maximum Gasteiger partial charge on any atom is 0.0798 e. The Labute approximate surface area is 397 Å². The van der Waals surface area contributed by atoms with Crippen LogP contribution in [0.15, 0.2) is 134 Å². The average molecular weight is 1030 g/mol. The predicted octanol–water partition coefficient (Wildman–Crippen LogP) is 15.4. The maximum absolute atomic E-state index is 8.60. The van der Waals surface area contributed by atoms with Gasteiger partial charge in [0.1, 0.15) is 0 Å². The minimum absolute atomic E-state index is 0. The van der Waals surface area contributed by atoms with Gasteiger partial charge in [-0.15, -0.1) is 53.5 Å². The van der Waals surface area contributed by atoms with Crippen LogP contribution in [0.2, 0.25) is 19.6 Å². The summed E-state index contributed by atoms with van der Waals surface area (Å²) in [5.74, 6) is 1.36. The fraction of sp³-hybridized carbons (Fsp3) is 0.250. The van der Waals surface area contributed by atoms with Gasteiger partial charge in [-0.1, -0.05) is 151 Å². The molecule has 1 radical (unpaired) electrons. The number of hydrogen-bond donors (Lipinski definition) is 0. The summed E-state index contributed by atoms with van der Waals surface area (Å²) in [6.07, 6.45) is 0.120. The molecule has 0 amide bonds. The summed E-state index contributed by atoms with van der Waals surface area (Å²) in [6.45, 7) is 16.7. The van der Waals surface area contributed by atoms with Crippen molar-refractivity contribution >= 4 is 55.8 Å². The van der Waals surface area contributed by atoms with Crippen LogP contribution in [0.25, 0.3) is 70.7 Å². The van der Waals surface area contributed by atoms with Crippen LogP contribution in [0.3, 0.4) is 0 Å². The molecule has 317 valence electrons. The maximum atomic E-state index is 8.60. The van der Waals surface area contributed by atoms with Gasteiger partial charge in [0.2, 0.25) is 0 Å². The first-order valence-corrected chi connectivity index (χ1v) is 25.5. The molecule has 3 nitrogen and oxygen atoms in total. The molecular formula is C56H57IrN3SSi-2. The van der Waals surface area contributed by atoms with E-state index in [1.807, 2.05) is 25.2 Å². The Kier molecular flexibility index (Phi) is 11.1. The van der Waals surface area contributed by atoms with Crippen molar-refractivity contribution in [2.45, 2.75) is 86.2 Å². The van der Waals surface area contributed by atoms with E-state index in [0.717, 1.165) is 27.6 Å². The molecule has 9 rings (SSSR count). The van der Waals surface area contributed by atoms with Crippen molar-refractivity contribution in [3.63, 3.8) is 0 Å². The monoisotopic (exact) mass is 1030 g/mol. The number of benzene rings is 6. The number of imidazole rings is 1. The van der Waals surface area contributed by atoms with Crippen molar-refractivity contribution in [2.24, 2.45) is 5.92 Å². The number of fused-ring (bicyclic) bond motifs is 4. The normalized spacial score (nSPS) is 13.8. The van der Waals surface area contributed by atoms with Crippen molar-refractivity contribution < 1.29 is 29.7 Å². The van der Waals surface area contributed by atoms with Crippen molar-refractivity contribution in [1.29, 1.82) is 0 Å². The van der Waals surface area contributed by atoms with E-state index in [1.165, 1.54) is 54.2 Å². The molecule has 0 N–H and O–H groups in total. The fourth-order valence-corrected chi connectivity index (χ4v) is 10.6. The van der Waals surface area contributed by atoms with Gasteiger partial charge in [0.05, 0.1) is 24.9 Å². The molecular weight excluding hydrogens is 967 g/mol. The Hall–Kier alpha value is -4.97. The summed E-state index contributed by atoms with van der Waals surface area (Å²) in [5.41, 5.74) is 10.6. The van der Waals surface area contributed by atoms with Crippen molar-refractivity contribution in [1.82, 2.24) is 14.5 Å². The first-order chi connectivity index (χ1) is 32.1. The van der Waals surface area contributed by atoms with E-state index in [1.54, 1.807) is 12.3 Å². The minimum atomic E-state index is -2.56. The Morgan fingerprint density at radius 2 is 1.48 bits per heavy atom. The van der Waals surface area contributed by atoms with E-state index >= 15 is 0 Å². The molecule has 6 heteroatoms. The van der Waals surface area contributed by atoms with Crippen LogP contribution in [-0.4, -0.2) is 22.6 Å². The second-order valence-corrected chi connectivity index (χ2v) is 23.7. The van der Waals surface area contributed by atoms with Crippen LogP contribution in [0, 0.1) is 24.9 Å². The SMILES string of the molecule is CC(C)c1cc(-c2ccccc2)cc(C(C)C)c1-n1c(-c2[c-]ccc3c2sc2ccccc23)nc2ccccc21.[2H]c1[c-]c(-c2cc(C([2H])([2H])C(C)C)c([Si](C)(C)C)cn2)cc([2H])c1C([2H])([2H])[2H].[Ir]. The molecule has 0 saturated heterocycles. The summed E-state index contributed by atoms with van der Waals surface area (Å²) in [6, 6.07) is 45.7. The van der Waals surface area contributed by atoms with Gasteiger partial charge in [-0.05, 0) is 97.7 Å². The molecule has 0 aliphatic rings. The van der Waals surface area contributed by atoms with Gasteiger partial charge >= 0.3 is 0 Å². The molecule has 0 fully saturated rings. The van der Waals surface area contributed by atoms with E-state index in [0.29, 0.717) is 28.7 Å². The molecule has 0 spiro atoms. The van der Waals surface area contributed by atoms with E-state index in [4.69, 9.17) is 14.6 Å². The third-order valence-electron chi connectivity index (χ3n) is 11.0. The van der Waals surface area contributed by atoms with Gasteiger partial charge in [0.25, 0.3) is 0 Å². The molecule has 0 atom stereocenters. The summed E-state index contributed by atoms with van der Waals surface area (Å²) >= 11 is 1.83. The van der Waals surface area contributed by atoms with Crippen molar-refractivity contribution in [3.8, 4) is 39.5 Å². The minimum Gasteiger partial charge on any atom is -0.333 e. The van der Waals surface area contributed by atoms with Gasteiger partial charge in [-0.2, -0.15) is 11.3 Å². The first-order valence-electron chi connectivity index (χ1n) is 24.7. The van der Waals surface area contributed by atoms with Crippen LogP contribution >= 0.6 is 11.3 Å². The van der Waals surface area contributed by atoms with Crippen LogP contribution in [0.5, 0.6) is 0 Å². The van der Waals surface area contributed by atoms with Crippen molar-refractivity contribution in [3.05, 3.63) is 168 Å². The number of para-hydroxylation sites is 2. The van der Waals surface area contributed by atoms with Gasteiger partial charge in [-0.3, -0.25) is 4.98 Å². The van der Waals surface area contributed by atoms with Crippen LogP contribution < -0.4 is 5.19 Å². The van der Waals surface area contributed by atoms with Gasteiger partial charge < -0.3 is 9.55 Å². The Morgan fingerprint density at radius 3 is 2.16 bits per heavy atom. The molecule has 9 aromatic rings. The molecule has 62 heavy (non-hydrogen) atoms. The molecule has 0 unspecified atom stereocenters. The molecule has 3 heterocycles. The summed E-state index contributed by atoms with van der Waals surface area (Å²) < 4.78 is 60.7. The van der Waals surface area contributed by atoms with Crippen LogP contribution in [-0.2, 0) is 26.5 Å². The third-order valence-corrected chi connectivity index (χ3v) is 14.2. The largest absolute Gasteiger partial charge is 0.333 e. The zero-order chi connectivity index (χ0) is 49.0. The number of thiophene rings is 1. The van der Waals surface area contributed by atoms with Crippen LogP contribution in [0.4, 0.5) is 0 Å². The first kappa shape index (κ1) is 36.5. The molecule has 6 aromatic carbocycles. The van der Waals surface area contributed by atoms with Gasteiger partial charge in [0.15, 0.2) is 0 Å². The van der Waals surface area contributed by atoms with E-state index in [9.17, 15) is 0 Å². The third kappa shape index (κ3) is 9.21. The number of hydrogen-bond acceptors (Lipinski definition) is 3. The molecule has 0 aliphatic heterocycles. The summed E-state index contributed by atoms with van der Waals surface area (Å²) in [5, 5.41) is 3.48. The number of rotatable bonds is 9. The van der Waals surface area contributed by atoms with E-state index in [-0.39, 0.29) is 43.7 Å². The van der Waals surface area contributed by atoms with E-state index in [2.05, 4.69) is 172 Å². The molecule has 0 aliphatic carbocycles. The fourth-order valence-electron chi connectivity index (χ4n) is 8.01. The summed E-state index contributed by atoms with van der Waals surface area (Å²) in [7, 11) is -1.87. The predicted molar refractivity (Wildman–Crippen MR) is 267 cm³/mol. The van der Waals surface area contributed by atoms with Crippen LogP contribution in [0.1, 0.15) is 85.2 Å². The zero-order valence-corrected chi connectivity index (χ0v) is 41.1. The quantitative estimate of drug-likeness (QED) is 0.107. The topological polar surface area (TPSA) is 30.7 Å². The molecule has 3 aromatic heterocycles. The second-order valence-electron chi connectivity index (χ2n) is 17.6. The summed E-state index contributed by atoms with van der Waals surface area (Å²) in [4.78, 5) is 9.75. The smallest absolute Gasteiger partial charge is 0.0798 e. The zero-order valence-electron chi connectivity index (χ0n) is 43.9. The van der Waals surface area contributed by atoms with Gasteiger partial charge in [-0.25, -0.2) is 0 Å². The molecule has 0 bridgehead atoms. The second kappa shape index (κ2) is 18.8. The Balaban J connectivity index is 0.000000215. The Morgan fingerprint density at radius 1 is 0.790 bits per heavy atom. The molecule has 0 saturated carbocycles. The average Bonchev–Trinajstić information content (AvgIpc) is 3.86. The van der Waals surface area contributed by atoms with Crippen molar-refractivity contribution in [2.75, 3.05) is 0 Å². The number of pyridine rings is 1. The number of nitrogens with zero attached hydrogens (tertiary/aromatic N) is 3. The Bertz CT molecular complexity index is 3260. The standard InChI is InChI=1S/C37H31N2S.C19H26NSi.Ir/c1-23(2)30-21-26(25-13-6-5-7-14-25)22-31(24(3)4)35(30)39-33-19-10-9-18-32(33)38-37(39)29-17-12-16-28-27-15-8-11-20-34(27)40-36(28)29;1-14(2)11-17-12-18(16-9-7-15(3)8-10-16)20-13-19(17)21(4,5)6;/h5-16,18-24H,1-4H3;7-9,12-14H,11H2,1-6H3;/q2*-1;/i;3D3,7D,8D,11D2;. The van der Waals surface area contributed by atoms with E-state index < -0.39 is 21.3 Å². The number of aromatic nitrogens is 3. The van der Waals surface area contributed by atoms with Gasteiger partial charge in [0, 0.05) is 46.3 Å².